The molecule has 10 heavy (non-hydrogen) atoms. The van der Waals surface area contributed by atoms with E-state index in [4.69, 9.17) is 4.42 Å². The van der Waals surface area contributed by atoms with Crippen LogP contribution < -0.4 is 10.6 Å². The van der Waals surface area contributed by atoms with E-state index in [0.717, 1.165) is 0 Å². The van der Waals surface area contributed by atoms with Crippen LogP contribution in [0, 0.1) is 0 Å². The Bertz CT molecular complexity index is 206. The molecule has 2 N–H and O–H groups in total. The predicted molar refractivity (Wildman–Crippen MR) is 36.8 cm³/mol. The zero-order valence-corrected chi connectivity index (χ0v) is 5.55. The third kappa shape index (κ3) is 1.51. The maximum Gasteiger partial charge on any atom is 0.321 e. The van der Waals surface area contributed by atoms with Gasteiger partial charge in [-0.1, -0.05) is 0 Å². The number of rotatable bonds is 1. The van der Waals surface area contributed by atoms with Crippen LogP contribution in [-0.2, 0) is 0 Å². The van der Waals surface area contributed by atoms with Crippen molar-refractivity contribution in [1.29, 1.82) is 0 Å². The summed E-state index contributed by atoms with van der Waals surface area (Å²) in [4.78, 5) is 10.6. The Morgan fingerprint density at radius 3 is 3.00 bits per heavy atom. The van der Waals surface area contributed by atoms with Gasteiger partial charge in [0.2, 0.25) is 5.88 Å². The molecule has 0 unspecified atom stereocenters. The fourth-order valence-corrected chi connectivity index (χ4v) is 0.524. The lowest BCUT2D eigenvalue weighted by Gasteiger charge is -1.97. The first-order valence-electron chi connectivity index (χ1n) is 2.85. The molecule has 0 aliphatic rings. The summed E-state index contributed by atoms with van der Waals surface area (Å²) in [7, 11) is 1.54. The lowest BCUT2D eigenvalue weighted by Crippen LogP contribution is -2.24. The van der Waals surface area contributed by atoms with Crippen LogP contribution in [0.5, 0.6) is 0 Å². The van der Waals surface area contributed by atoms with Crippen molar-refractivity contribution < 1.29 is 9.21 Å². The molecule has 1 aromatic heterocycles. The predicted octanol–water partition coefficient (Wildman–Crippen LogP) is 1.03. The van der Waals surface area contributed by atoms with Crippen molar-refractivity contribution in [3.63, 3.8) is 0 Å². The first-order chi connectivity index (χ1) is 4.83. The highest BCUT2D eigenvalue weighted by Crippen LogP contribution is 2.05. The Labute approximate surface area is 58.2 Å². The number of amides is 2. The van der Waals surface area contributed by atoms with Crippen LogP contribution >= 0.6 is 0 Å². The number of furan rings is 1. The first-order valence-corrected chi connectivity index (χ1v) is 2.85. The molecule has 0 fully saturated rings. The van der Waals surface area contributed by atoms with E-state index >= 15 is 0 Å². The second kappa shape index (κ2) is 2.91. The minimum atomic E-state index is -0.282. The number of carbonyl (C=O) groups excluding carboxylic acids is 1. The number of carbonyl (C=O) groups is 1. The molecular weight excluding hydrogens is 132 g/mol. The van der Waals surface area contributed by atoms with Gasteiger partial charge in [-0.25, -0.2) is 4.79 Å². The van der Waals surface area contributed by atoms with Crippen molar-refractivity contribution in [2.45, 2.75) is 0 Å². The summed E-state index contributed by atoms with van der Waals surface area (Å²) in [6.45, 7) is 0. The minimum absolute atomic E-state index is 0.282. The van der Waals surface area contributed by atoms with E-state index in [1.807, 2.05) is 0 Å². The highest BCUT2D eigenvalue weighted by molar-refractivity contribution is 5.87. The van der Waals surface area contributed by atoms with Gasteiger partial charge in [0.15, 0.2) is 0 Å². The highest BCUT2D eigenvalue weighted by atomic mass is 16.3. The number of hydrogen-bond acceptors (Lipinski definition) is 2. The Hall–Kier alpha value is -1.45. The molecular formula is C6H8N2O2. The molecule has 1 aromatic rings. The Balaban J connectivity index is 2.48. The maximum absolute atomic E-state index is 10.6. The van der Waals surface area contributed by atoms with Gasteiger partial charge >= 0.3 is 6.03 Å². The van der Waals surface area contributed by atoms with Gasteiger partial charge in [-0.3, -0.25) is 5.32 Å². The van der Waals surface area contributed by atoms with Crippen molar-refractivity contribution in [2.24, 2.45) is 0 Å². The largest absolute Gasteiger partial charge is 0.449 e. The number of urea groups is 1. The SMILES string of the molecule is CNC(=O)Nc1ccco1. The molecule has 1 heterocycles. The molecule has 2 amide bonds. The molecule has 0 bridgehead atoms. The molecule has 0 saturated heterocycles. The maximum atomic E-state index is 10.6. The summed E-state index contributed by atoms with van der Waals surface area (Å²) in [5.41, 5.74) is 0. The molecule has 0 aliphatic heterocycles. The summed E-state index contributed by atoms with van der Waals surface area (Å²) in [5.74, 6) is 0.444. The van der Waals surface area contributed by atoms with Gasteiger partial charge in [-0.2, -0.15) is 0 Å². The standard InChI is InChI=1S/C6H8N2O2/c1-7-6(9)8-5-3-2-4-10-5/h2-4H,1H3,(H2,7,8,9). The molecule has 54 valence electrons. The van der Waals surface area contributed by atoms with Gasteiger partial charge in [0.25, 0.3) is 0 Å². The van der Waals surface area contributed by atoms with E-state index in [-0.39, 0.29) is 6.03 Å². The molecule has 0 saturated carbocycles. The van der Waals surface area contributed by atoms with E-state index in [0.29, 0.717) is 5.88 Å². The van der Waals surface area contributed by atoms with Gasteiger partial charge < -0.3 is 9.73 Å². The van der Waals surface area contributed by atoms with Crippen LogP contribution in [-0.4, -0.2) is 13.1 Å². The summed E-state index contributed by atoms with van der Waals surface area (Å²) in [6, 6.07) is 3.08. The van der Waals surface area contributed by atoms with E-state index in [9.17, 15) is 4.79 Å². The summed E-state index contributed by atoms with van der Waals surface area (Å²) in [5, 5.41) is 4.85. The third-order valence-corrected chi connectivity index (χ3v) is 0.985. The normalized spacial score (nSPS) is 8.90. The molecule has 0 atom stereocenters. The van der Waals surface area contributed by atoms with Crippen LogP contribution in [0.3, 0.4) is 0 Å². The van der Waals surface area contributed by atoms with E-state index in [1.54, 1.807) is 12.1 Å². The monoisotopic (exact) mass is 140 g/mol. The fraction of sp³-hybridized carbons (Fsp3) is 0.167. The van der Waals surface area contributed by atoms with E-state index in [1.165, 1.54) is 13.3 Å². The van der Waals surface area contributed by atoms with Gasteiger partial charge in [-0.05, 0) is 6.07 Å². The third-order valence-electron chi connectivity index (χ3n) is 0.985. The van der Waals surface area contributed by atoms with Crippen LogP contribution in [0.2, 0.25) is 0 Å². The second-order valence-electron chi connectivity index (χ2n) is 1.68. The van der Waals surface area contributed by atoms with Gasteiger partial charge in [0, 0.05) is 13.1 Å². The van der Waals surface area contributed by atoms with Crippen molar-refractivity contribution in [2.75, 3.05) is 12.4 Å². The second-order valence-corrected chi connectivity index (χ2v) is 1.68. The molecule has 0 aromatic carbocycles. The van der Waals surface area contributed by atoms with E-state index in [2.05, 4.69) is 10.6 Å². The quantitative estimate of drug-likeness (QED) is 0.612. The van der Waals surface area contributed by atoms with Gasteiger partial charge in [-0.15, -0.1) is 0 Å². The lowest BCUT2D eigenvalue weighted by molar-refractivity contribution is 0.253. The Morgan fingerprint density at radius 2 is 2.50 bits per heavy atom. The van der Waals surface area contributed by atoms with Crippen molar-refractivity contribution in [1.82, 2.24) is 5.32 Å². The van der Waals surface area contributed by atoms with Gasteiger partial charge in [0.1, 0.15) is 0 Å². The number of nitrogens with one attached hydrogen (secondary N) is 2. The molecule has 0 aliphatic carbocycles. The van der Waals surface area contributed by atoms with Crippen LogP contribution in [0.1, 0.15) is 0 Å². The molecule has 0 radical (unpaired) electrons. The molecule has 4 nitrogen and oxygen atoms in total. The minimum Gasteiger partial charge on any atom is -0.449 e. The average Bonchev–Trinajstić information content (AvgIpc) is 2.40. The van der Waals surface area contributed by atoms with Gasteiger partial charge in [0.05, 0.1) is 6.26 Å². The summed E-state index contributed by atoms with van der Waals surface area (Å²) >= 11 is 0. The lowest BCUT2D eigenvalue weighted by atomic mass is 10.6. The van der Waals surface area contributed by atoms with Crippen LogP contribution in [0.4, 0.5) is 10.7 Å². The summed E-state index contributed by atoms with van der Waals surface area (Å²) in [6.07, 6.45) is 1.49. The Kier molecular flexibility index (Phi) is 1.94. The molecule has 4 heteroatoms. The zero-order chi connectivity index (χ0) is 7.40. The van der Waals surface area contributed by atoms with Crippen LogP contribution in [0.25, 0.3) is 0 Å². The van der Waals surface area contributed by atoms with Crippen molar-refractivity contribution >= 4 is 11.9 Å². The Morgan fingerprint density at radius 1 is 1.70 bits per heavy atom. The van der Waals surface area contributed by atoms with E-state index < -0.39 is 0 Å². The number of anilines is 1. The smallest absolute Gasteiger partial charge is 0.321 e. The topological polar surface area (TPSA) is 54.3 Å². The van der Waals surface area contributed by atoms with Crippen molar-refractivity contribution in [3.05, 3.63) is 18.4 Å². The molecule has 0 spiro atoms. The summed E-state index contributed by atoms with van der Waals surface area (Å²) < 4.78 is 4.83. The average molecular weight is 140 g/mol. The zero-order valence-electron chi connectivity index (χ0n) is 5.55. The molecule has 1 rings (SSSR count). The number of hydrogen-bond donors (Lipinski definition) is 2. The highest BCUT2D eigenvalue weighted by Gasteiger charge is 1.97. The first kappa shape index (κ1) is 6.67. The van der Waals surface area contributed by atoms with Crippen LogP contribution in [0.15, 0.2) is 22.8 Å². The fourth-order valence-electron chi connectivity index (χ4n) is 0.524. The van der Waals surface area contributed by atoms with Crippen molar-refractivity contribution in [3.8, 4) is 0 Å².